The molecule has 0 unspecified atom stereocenters. The summed E-state index contributed by atoms with van der Waals surface area (Å²) in [4.78, 5) is 39.9. The Balaban J connectivity index is 1.50. The number of amides is 1. The van der Waals surface area contributed by atoms with Crippen LogP contribution in [0.3, 0.4) is 0 Å². The summed E-state index contributed by atoms with van der Waals surface area (Å²) in [7, 11) is 0. The van der Waals surface area contributed by atoms with Crippen LogP contribution >= 0.6 is 34.9 Å². The van der Waals surface area contributed by atoms with Crippen molar-refractivity contribution in [3.05, 3.63) is 50.8 Å². The minimum atomic E-state index is -0.684. The lowest BCUT2D eigenvalue weighted by Crippen LogP contribution is -2.12. The highest BCUT2D eigenvalue weighted by Gasteiger charge is 2.30. The predicted octanol–water partition coefficient (Wildman–Crippen LogP) is 3.13. The lowest BCUT2D eigenvalue weighted by atomic mass is 10.1. The second-order valence-electron chi connectivity index (χ2n) is 5.70. The van der Waals surface area contributed by atoms with Crippen LogP contribution in [0.2, 0.25) is 0 Å². The first-order valence-electron chi connectivity index (χ1n) is 8.49. The van der Waals surface area contributed by atoms with Gasteiger partial charge < -0.3 is 9.15 Å². The molecule has 0 N–H and O–H groups in total. The summed E-state index contributed by atoms with van der Waals surface area (Å²) >= 11 is 3.93. The maximum absolute atomic E-state index is 12.2. The number of aliphatic imine (C=N–C) groups is 1. The molecule has 2 aromatic heterocycles. The van der Waals surface area contributed by atoms with Gasteiger partial charge in [-0.2, -0.15) is 0 Å². The number of carbonyl (C=O) groups excluding carboxylic acids is 2. The van der Waals surface area contributed by atoms with Gasteiger partial charge in [-0.25, -0.2) is 9.79 Å². The number of rotatable bonds is 6. The molecule has 8 nitrogen and oxygen atoms in total. The Morgan fingerprint density at radius 3 is 2.83 bits per heavy atom. The highest BCUT2D eigenvalue weighted by Crippen LogP contribution is 2.32. The molecule has 0 saturated carbocycles. The number of aromatic nitrogens is 2. The van der Waals surface area contributed by atoms with Crippen molar-refractivity contribution in [3.8, 4) is 0 Å². The quantitative estimate of drug-likeness (QED) is 0.319. The summed E-state index contributed by atoms with van der Waals surface area (Å²) in [5, 5.41) is 10.0. The second kappa shape index (κ2) is 8.47. The number of carbonyl (C=O) groups is 2. The molecule has 0 atom stereocenters. The molecule has 0 fully saturated rings. The van der Waals surface area contributed by atoms with Crippen LogP contribution in [-0.2, 0) is 15.3 Å². The van der Waals surface area contributed by atoms with E-state index in [1.165, 1.54) is 34.9 Å². The Kier molecular flexibility index (Phi) is 5.79. The van der Waals surface area contributed by atoms with Crippen molar-refractivity contribution in [3.63, 3.8) is 0 Å². The number of nitrogens with zero attached hydrogens (tertiary/aromatic N) is 3. The zero-order valence-electron chi connectivity index (χ0n) is 15.0. The van der Waals surface area contributed by atoms with Gasteiger partial charge >= 0.3 is 11.6 Å². The number of benzene rings is 1. The first-order valence-corrected chi connectivity index (χ1v) is 11.3. The standard InChI is InChI=1S/C18H13N3O5S3/c1-2-25-12(22)8-28-18-21-20-11(29-18)7-27-16-13-9-5-3-4-6-10(9)26-17(24)14(13)15(23)19-16/h3-6H,2,7-8H2,1H3. The minimum absolute atomic E-state index is 0.0332. The van der Waals surface area contributed by atoms with Crippen molar-refractivity contribution >= 4 is 62.8 Å². The van der Waals surface area contributed by atoms with Crippen LogP contribution < -0.4 is 5.63 Å². The smallest absolute Gasteiger partial charge is 0.350 e. The molecule has 1 aliphatic heterocycles. The van der Waals surface area contributed by atoms with E-state index in [2.05, 4.69) is 15.2 Å². The average molecular weight is 448 g/mol. The number of thioether (sulfide) groups is 2. The van der Waals surface area contributed by atoms with Gasteiger partial charge in [0.15, 0.2) is 4.34 Å². The van der Waals surface area contributed by atoms with Crippen LogP contribution in [0.1, 0.15) is 27.9 Å². The zero-order chi connectivity index (χ0) is 20.4. The molecule has 0 spiro atoms. The first-order chi connectivity index (χ1) is 14.1. The molecule has 4 rings (SSSR count). The van der Waals surface area contributed by atoms with Gasteiger partial charge in [-0.1, -0.05) is 53.1 Å². The molecule has 148 valence electrons. The lowest BCUT2D eigenvalue weighted by Gasteiger charge is -2.05. The fraction of sp³-hybridized carbons (Fsp3) is 0.222. The number of ether oxygens (including phenoxy) is 1. The van der Waals surface area contributed by atoms with Crippen LogP contribution in [0.4, 0.5) is 0 Å². The molecule has 29 heavy (non-hydrogen) atoms. The van der Waals surface area contributed by atoms with Gasteiger partial charge in [-0.3, -0.25) is 9.59 Å². The largest absolute Gasteiger partial charge is 0.465 e. The zero-order valence-corrected chi connectivity index (χ0v) is 17.5. The molecule has 0 bridgehead atoms. The highest BCUT2D eigenvalue weighted by atomic mass is 32.2. The summed E-state index contributed by atoms with van der Waals surface area (Å²) in [5.41, 5.74) is 0.201. The molecule has 0 aliphatic carbocycles. The maximum Gasteiger partial charge on any atom is 0.350 e. The summed E-state index contributed by atoms with van der Waals surface area (Å²) in [6.45, 7) is 2.09. The average Bonchev–Trinajstić information content (AvgIpc) is 3.30. The third-order valence-electron chi connectivity index (χ3n) is 3.84. The molecule has 1 aromatic carbocycles. The van der Waals surface area contributed by atoms with Crippen molar-refractivity contribution in [2.75, 3.05) is 12.4 Å². The third-order valence-corrected chi connectivity index (χ3v) is 7.04. The van der Waals surface area contributed by atoms with E-state index in [0.29, 0.717) is 38.3 Å². The van der Waals surface area contributed by atoms with Gasteiger partial charge in [-0.05, 0) is 13.0 Å². The summed E-state index contributed by atoms with van der Waals surface area (Å²) in [6, 6.07) is 7.04. The lowest BCUT2D eigenvalue weighted by molar-refractivity contribution is -0.139. The number of hydrogen-bond acceptors (Lipinski definition) is 10. The second-order valence-corrected chi connectivity index (χ2v) is 8.95. The molecule has 3 aromatic rings. The maximum atomic E-state index is 12.2. The van der Waals surface area contributed by atoms with E-state index in [1.54, 1.807) is 25.1 Å². The highest BCUT2D eigenvalue weighted by molar-refractivity contribution is 8.14. The molecule has 3 heterocycles. The molecule has 0 saturated heterocycles. The van der Waals surface area contributed by atoms with Gasteiger partial charge in [0.2, 0.25) is 0 Å². The minimum Gasteiger partial charge on any atom is -0.465 e. The first kappa shape index (κ1) is 19.8. The van der Waals surface area contributed by atoms with Crippen LogP contribution in [0.5, 0.6) is 0 Å². The van der Waals surface area contributed by atoms with E-state index in [1.807, 2.05) is 6.07 Å². The van der Waals surface area contributed by atoms with Crippen LogP contribution in [0, 0.1) is 0 Å². The van der Waals surface area contributed by atoms with Gasteiger partial charge in [0.05, 0.1) is 18.1 Å². The summed E-state index contributed by atoms with van der Waals surface area (Å²) in [6.07, 6.45) is 0. The Labute approximate surface area is 176 Å². The topological polar surface area (TPSA) is 112 Å². The fourth-order valence-electron chi connectivity index (χ4n) is 2.68. The van der Waals surface area contributed by atoms with Crippen molar-refractivity contribution < 1.29 is 18.7 Å². The van der Waals surface area contributed by atoms with Gasteiger partial charge in [0.25, 0.3) is 5.91 Å². The summed E-state index contributed by atoms with van der Waals surface area (Å²) in [5.74, 6) is -0.293. The SMILES string of the molecule is CCOC(=O)CSc1nnc(CSC2=NC(=O)c3c2c2ccccc2oc3=O)s1. The van der Waals surface area contributed by atoms with Crippen molar-refractivity contribution in [2.24, 2.45) is 4.99 Å². The number of hydrogen-bond donors (Lipinski definition) is 0. The van der Waals surface area contributed by atoms with E-state index < -0.39 is 11.5 Å². The fourth-order valence-corrected chi connectivity index (χ4v) is 5.41. The number of para-hydroxylation sites is 1. The van der Waals surface area contributed by atoms with Crippen molar-refractivity contribution in [2.45, 2.75) is 17.0 Å². The number of esters is 1. The number of fused-ring (bicyclic) bond motifs is 3. The van der Waals surface area contributed by atoms with Crippen molar-refractivity contribution in [1.82, 2.24) is 10.2 Å². The van der Waals surface area contributed by atoms with E-state index in [4.69, 9.17) is 9.15 Å². The van der Waals surface area contributed by atoms with E-state index >= 15 is 0 Å². The molecule has 0 radical (unpaired) electrons. The third kappa shape index (κ3) is 4.11. The Morgan fingerprint density at radius 1 is 1.17 bits per heavy atom. The van der Waals surface area contributed by atoms with E-state index in [0.717, 1.165) is 5.01 Å². The summed E-state index contributed by atoms with van der Waals surface area (Å²) < 4.78 is 10.8. The molecule has 11 heteroatoms. The Bertz CT molecular complexity index is 1200. The predicted molar refractivity (Wildman–Crippen MR) is 112 cm³/mol. The molecular weight excluding hydrogens is 434 g/mol. The molecule has 1 aliphatic rings. The van der Waals surface area contributed by atoms with Gasteiger partial charge in [-0.15, -0.1) is 10.2 Å². The van der Waals surface area contributed by atoms with E-state index in [-0.39, 0.29) is 17.3 Å². The molecular formula is C18H13N3O5S3. The normalized spacial score (nSPS) is 12.9. The Morgan fingerprint density at radius 2 is 2.00 bits per heavy atom. The van der Waals surface area contributed by atoms with E-state index in [9.17, 15) is 14.4 Å². The van der Waals surface area contributed by atoms with Gasteiger partial charge in [0.1, 0.15) is 21.2 Å². The van der Waals surface area contributed by atoms with Crippen LogP contribution in [0.25, 0.3) is 11.0 Å². The molecule has 1 amide bonds. The van der Waals surface area contributed by atoms with Crippen LogP contribution in [-0.4, -0.2) is 39.5 Å². The van der Waals surface area contributed by atoms with Crippen molar-refractivity contribution in [1.29, 1.82) is 0 Å². The monoisotopic (exact) mass is 447 g/mol. The van der Waals surface area contributed by atoms with Gasteiger partial charge in [0, 0.05) is 10.9 Å². The van der Waals surface area contributed by atoms with Crippen LogP contribution in [0.15, 0.2) is 42.8 Å². The Hall–Kier alpha value is -2.50.